The van der Waals surface area contributed by atoms with Gasteiger partial charge < -0.3 is 20.0 Å². The highest BCUT2D eigenvalue weighted by atomic mass is 32.1. The molecule has 5 rings (SSSR count). The number of aromatic nitrogens is 3. The Labute approximate surface area is 195 Å². The Hall–Kier alpha value is -3.39. The fraction of sp³-hybridized carbons (Fsp3) is 0.320. The molecule has 7 nitrogen and oxygen atoms in total. The predicted molar refractivity (Wildman–Crippen MR) is 131 cm³/mol. The van der Waals surface area contributed by atoms with Crippen LogP contribution in [0.2, 0.25) is 0 Å². The first-order valence-electron chi connectivity index (χ1n) is 11.2. The first-order valence-corrected chi connectivity index (χ1v) is 11.7. The second kappa shape index (κ2) is 8.86. The summed E-state index contributed by atoms with van der Waals surface area (Å²) >= 11 is 5.47. The molecule has 4 aromatic rings. The van der Waals surface area contributed by atoms with Crippen LogP contribution in [0.4, 0.5) is 0 Å². The summed E-state index contributed by atoms with van der Waals surface area (Å²) in [7, 11) is 1.61. The van der Waals surface area contributed by atoms with Crippen LogP contribution in [0, 0.1) is 4.77 Å². The number of benzene rings is 2. The van der Waals surface area contributed by atoms with E-state index in [1.54, 1.807) is 7.11 Å². The summed E-state index contributed by atoms with van der Waals surface area (Å²) in [6, 6.07) is 14.0. The summed E-state index contributed by atoms with van der Waals surface area (Å²) in [4.78, 5) is 32.1. The Morgan fingerprint density at radius 2 is 2.06 bits per heavy atom. The lowest BCUT2D eigenvalue weighted by Gasteiger charge is -2.26. The number of ether oxygens (including phenoxy) is 1. The van der Waals surface area contributed by atoms with Crippen molar-refractivity contribution in [1.29, 1.82) is 0 Å². The van der Waals surface area contributed by atoms with Crippen LogP contribution in [0.1, 0.15) is 42.9 Å². The number of rotatable bonds is 6. The Morgan fingerprint density at radius 3 is 2.91 bits per heavy atom. The Morgan fingerprint density at radius 1 is 1.21 bits per heavy atom. The van der Waals surface area contributed by atoms with Crippen LogP contribution in [0.3, 0.4) is 0 Å². The Balaban J connectivity index is 1.30. The number of nitrogens with one attached hydrogen (secondary N) is 3. The Kier molecular flexibility index (Phi) is 5.76. The lowest BCUT2D eigenvalue weighted by Crippen LogP contribution is -2.31. The van der Waals surface area contributed by atoms with E-state index >= 15 is 0 Å². The molecule has 2 aromatic heterocycles. The first-order chi connectivity index (χ1) is 16.0. The summed E-state index contributed by atoms with van der Waals surface area (Å²) in [5.74, 6) is 0.705. The van der Waals surface area contributed by atoms with Gasteiger partial charge in [0.1, 0.15) is 11.3 Å². The maximum atomic E-state index is 13.1. The molecule has 0 saturated carbocycles. The molecule has 8 heteroatoms. The molecule has 3 N–H and O–H groups in total. The smallest absolute Gasteiger partial charge is 0.278 e. The molecule has 0 fully saturated rings. The van der Waals surface area contributed by atoms with E-state index < -0.39 is 0 Å². The van der Waals surface area contributed by atoms with Gasteiger partial charge in [0.2, 0.25) is 5.91 Å². The quantitative estimate of drug-likeness (QED) is 0.367. The lowest BCUT2D eigenvalue weighted by atomic mass is 9.87. The van der Waals surface area contributed by atoms with Crippen LogP contribution in [-0.4, -0.2) is 27.6 Å². The van der Waals surface area contributed by atoms with E-state index in [2.05, 4.69) is 27.4 Å². The highest BCUT2D eigenvalue weighted by Gasteiger charge is 2.21. The van der Waals surface area contributed by atoms with E-state index in [4.69, 9.17) is 17.0 Å². The van der Waals surface area contributed by atoms with Gasteiger partial charge in [-0.15, -0.1) is 0 Å². The number of aromatic amines is 2. The molecular weight excluding hydrogens is 436 g/mol. The van der Waals surface area contributed by atoms with Gasteiger partial charge in [0.15, 0.2) is 4.77 Å². The van der Waals surface area contributed by atoms with Crippen LogP contribution in [-0.2, 0) is 17.8 Å². The highest BCUT2D eigenvalue weighted by Crippen LogP contribution is 2.29. The van der Waals surface area contributed by atoms with Crippen molar-refractivity contribution < 1.29 is 9.53 Å². The largest absolute Gasteiger partial charge is 0.497 e. The zero-order valence-electron chi connectivity index (χ0n) is 18.4. The van der Waals surface area contributed by atoms with Crippen LogP contribution in [0.15, 0.2) is 47.3 Å². The van der Waals surface area contributed by atoms with Crippen molar-refractivity contribution in [3.8, 4) is 5.75 Å². The molecule has 1 aliphatic carbocycles. The van der Waals surface area contributed by atoms with Gasteiger partial charge in [-0.05, 0) is 67.2 Å². The van der Waals surface area contributed by atoms with Crippen LogP contribution in [0.5, 0.6) is 5.75 Å². The molecular formula is C25H26N4O3S. The van der Waals surface area contributed by atoms with Crippen molar-refractivity contribution in [3.05, 3.63) is 68.7 Å². The number of amides is 1. The molecule has 0 saturated heterocycles. The topological polar surface area (TPSA) is 91.9 Å². The number of hydrogen-bond donors (Lipinski definition) is 3. The third-order valence-corrected chi connectivity index (χ3v) is 6.75. The van der Waals surface area contributed by atoms with Crippen LogP contribution >= 0.6 is 12.2 Å². The second-order valence-corrected chi connectivity index (χ2v) is 8.87. The zero-order valence-corrected chi connectivity index (χ0v) is 19.3. The molecule has 0 aliphatic heterocycles. The minimum atomic E-state index is -0.189. The number of carbonyl (C=O) groups is 1. The van der Waals surface area contributed by atoms with Crippen molar-refractivity contribution in [2.45, 2.75) is 44.7 Å². The minimum Gasteiger partial charge on any atom is -0.497 e. The summed E-state index contributed by atoms with van der Waals surface area (Å²) in [6.45, 7) is 0.372. The monoisotopic (exact) mass is 462 g/mol. The zero-order chi connectivity index (χ0) is 22.9. The number of H-pyrrole nitrogens is 2. The van der Waals surface area contributed by atoms with E-state index in [1.807, 2.05) is 30.3 Å². The maximum Gasteiger partial charge on any atom is 0.278 e. The van der Waals surface area contributed by atoms with Gasteiger partial charge in [-0.2, -0.15) is 0 Å². The maximum absolute atomic E-state index is 13.1. The van der Waals surface area contributed by atoms with E-state index in [0.29, 0.717) is 40.9 Å². The van der Waals surface area contributed by atoms with Crippen molar-refractivity contribution in [2.24, 2.45) is 0 Å². The minimum absolute atomic E-state index is 0.00145. The van der Waals surface area contributed by atoms with Crippen molar-refractivity contribution in [3.63, 3.8) is 0 Å². The van der Waals surface area contributed by atoms with Gasteiger partial charge in [0.05, 0.1) is 18.7 Å². The SMILES string of the molecule is COc1ccc2[nH]c3c(=O)n(CCCC(=O)NC4CCCc5ccccc54)c(=S)[nH]c3c2c1. The summed E-state index contributed by atoms with van der Waals surface area (Å²) in [5.41, 5.74) is 4.32. The summed E-state index contributed by atoms with van der Waals surface area (Å²) in [5, 5.41) is 4.02. The van der Waals surface area contributed by atoms with Gasteiger partial charge in [-0.3, -0.25) is 14.2 Å². The molecule has 170 valence electrons. The van der Waals surface area contributed by atoms with E-state index in [-0.39, 0.29) is 17.5 Å². The first kappa shape index (κ1) is 21.5. The normalized spacial score (nSPS) is 15.5. The number of fused-ring (bicyclic) bond motifs is 4. The molecule has 0 spiro atoms. The van der Waals surface area contributed by atoms with Crippen LogP contribution < -0.4 is 15.6 Å². The second-order valence-electron chi connectivity index (χ2n) is 8.49. The predicted octanol–water partition coefficient (Wildman–Crippen LogP) is 4.52. The molecule has 2 aromatic carbocycles. The Bertz CT molecular complexity index is 1470. The summed E-state index contributed by atoms with van der Waals surface area (Å²) < 4.78 is 7.17. The highest BCUT2D eigenvalue weighted by molar-refractivity contribution is 7.71. The average Bonchev–Trinajstić information content (AvgIpc) is 3.19. The third kappa shape index (κ3) is 4.06. The molecule has 2 heterocycles. The van der Waals surface area contributed by atoms with Gasteiger partial charge in [0, 0.05) is 23.9 Å². The van der Waals surface area contributed by atoms with Crippen LogP contribution in [0.25, 0.3) is 21.9 Å². The number of hydrogen-bond acceptors (Lipinski definition) is 4. The molecule has 1 aliphatic rings. The molecule has 1 atom stereocenters. The molecule has 1 unspecified atom stereocenters. The van der Waals surface area contributed by atoms with E-state index in [0.717, 1.165) is 30.2 Å². The number of aryl methyl sites for hydroxylation is 1. The lowest BCUT2D eigenvalue weighted by molar-refractivity contribution is -0.122. The molecule has 0 bridgehead atoms. The van der Waals surface area contributed by atoms with E-state index in [9.17, 15) is 9.59 Å². The fourth-order valence-corrected chi connectivity index (χ4v) is 5.04. The van der Waals surface area contributed by atoms with Gasteiger partial charge >= 0.3 is 0 Å². The van der Waals surface area contributed by atoms with Crippen molar-refractivity contribution in [1.82, 2.24) is 19.9 Å². The number of carbonyl (C=O) groups excluding carboxylic acids is 1. The summed E-state index contributed by atoms with van der Waals surface area (Å²) in [6.07, 6.45) is 3.95. The van der Waals surface area contributed by atoms with E-state index in [1.165, 1.54) is 15.7 Å². The standard InChI is InChI=1S/C25H26N4O3S/c1-32-16-11-12-20-18(14-16)22-23(27-20)24(31)29(25(33)28-22)13-5-10-21(30)26-19-9-4-7-15-6-2-3-8-17(15)19/h2-3,6,8,11-12,14,19,27H,4-5,7,9-10,13H2,1H3,(H,26,30)(H,28,33). The molecule has 33 heavy (non-hydrogen) atoms. The fourth-order valence-electron chi connectivity index (χ4n) is 4.76. The van der Waals surface area contributed by atoms with Crippen molar-refractivity contribution in [2.75, 3.05) is 7.11 Å². The third-order valence-electron chi connectivity index (χ3n) is 6.43. The van der Waals surface area contributed by atoms with Gasteiger partial charge in [-0.1, -0.05) is 24.3 Å². The molecule has 1 amide bonds. The number of nitrogens with zero attached hydrogens (tertiary/aromatic N) is 1. The van der Waals surface area contributed by atoms with Crippen molar-refractivity contribution >= 4 is 40.1 Å². The molecule has 0 radical (unpaired) electrons. The average molecular weight is 463 g/mol. The van der Waals surface area contributed by atoms with Gasteiger partial charge in [-0.25, -0.2) is 0 Å². The van der Waals surface area contributed by atoms with Gasteiger partial charge in [0.25, 0.3) is 5.56 Å². The number of methoxy groups -OCH3 is 1.